The van der Waals surface area contributed by atoms with Gasteiger partial charge in [0.25, 0.3) is 0 Å². The number of nitrogens with zero attached hydrogens (tertiary/aromatic N) is 2. The van der Waals surface area contributed by atoms with Crippen molar-refractivity contribution in [3.05, 3.63) is 35.9 Å². The summed E-state index contributed by atoms with van der Waals surface area (Å²) in [4.78, 5) is 15.9. The van der Waals surface area contributed by atoms with E-state index in [0.717, 1.165) is 37.9 Å². The molecule has 1 atom stereocenters. The zero-order valence-electron chi connectivity index (χ0n) is 12.6. The quantitative estimate of drug-likeness (QED) is 0.670. The van der Waals surface area contributed by atoms with E-state index >= 15 is 0 Å². The van der Waals surface area contributed by atoms with Crippen molar-refractivity contribution >= 4 is 6.29 Å². The molecule has 0 amide bonds. The van der Waals surface area contributed by atoms with Crippen molar-refractivity contribution < 1.29 is 4.79 Å². The number of benzene rings is 1. The van der Waals surface area contributed by atoms with Crippen molar-refractivity contribution in [3.63, 3.8) is 0 Å². The topological polar surface area (TPSA) is 23.6 Å². The molecule has 3 nitrogen and oxygen atoms in total. The van der Waals surface area contributed by atoms with Crippen LogP contribution in [0.5, 0.6) is 0 Å². The molecule has 1 aromatic carbocycles. The molecule has 0 N–H and O–H groups in total. The lowest BCUT2D eigenvalue weighted by Crippen LogP contribution is -2.39. The van der Waals surface area contributed by atoms with Crippen LogP contribution < -0.4 is 0 Å². The zero-order chi connectivity index (χ0) is 14.3. The number of carbonyl (C=O) groups excluding carboxylic acids is 1. The number of hydrogen-bond acceptors (Lipinski definition) is 3. The van der Waals surface area contributed by atoms with E-state index in [1.165, 1.54) is 0 Å². The van der Waals surface area contributed by atoms with Gasteiger partial charge >= 0.3 is 0 Å². The minimum atomic E-state index is -0.422. The summed E-state index contributed by atoms with van der Waals surface area (Å²) in [5.74, 6) is 0. The molecule has 0 fully saturated rings. The molecule has 0 aliphatic rings. The number of aldehydes is 1. The number of rotatable bonds is 8. The van der Waals surface area contributed by atoms with E-state index in [9.17, 15) is 4.79 Å². The van der Waals surface area contributed by atoms with E-state index in [-0.39, 0.29) is 0 Å². The standard InChI is InChI=1S/C16H26N2O/c1-16(14-19,15-9-6-5-7-10-15)13-18(4)12-8-11-17(2)3/h5-7,9-10,14H,8,11-13H2,1-4H3. The highest BCUT2D eigenvalue weighted by Crippen LogP contribution is 2.22. The number of likely N-dealkylation sites (N-methyl/N-ethyl adjacent to an activating group) is 1. The van der Waals surface area contributed by atoms with Crippen LogP contribution in [0.2, 0.25) is 0 Å². The summed E-state index contributed by atoms with van der Waals surface area (Å²) in [6, 6.07) is 10.0. The minimum absolute atomic E-state index is 0.422. The molecule has 0 bridgehead atoms. The third kappa shape index (κ3) is 5.13. The SMILES string of the molecule is CN(C)CCCN(C)CC(C)(C=O)c1ccccc1. The van der Waals surface area contributed by atoms with E-state index in [1.54, 1.807) is 0 Å². The molecule has 3 heteroatoms. The Morgan fingerprint density at radius 3 is 2.26 bits per heavy atom. The minimum Gasteiger partial charge on any atom is -0.309 e. The van der Waals surface area contributed by atoms with Crippen LogP contribution in [-0.4, -0.2) is 56.9 Å². The van der Waals surface area contributed by atoms with Gasteiger partial charge in [0.05, 0.1) is 5.41 Å². The smallest absolute Gasteiger partial charge is 0.131 e. The van der Waals surface area contributed by atoms with E-state index in [4.69, 9.17) is 0 Å². The zero-order valence-corrected chi connectivity index (χ0v) is 12.6. The molecule has 0 radical (unpaired) electrons. The second-order valence-corrected chi connectivity index (χ2v) is 5.80. The first-order valence-electron chi connectivity index (χ1n) is 6.83. The Balaban J connectivity index is 2.58. The van der Waals surface area contributed by atoms with Crippen LogP contribution >= 0.6 is 0 Å². The monoisotopic (exact) mass is 262 g/mol. The maximum absolute atomic E-state index is 11.5. The van der Waals surface area contributed by atoms with Gasteiger partial charge in [0.2, 0.25) is 0 Å². The molecule has 0 saturated carbocycles. The fourth-order valence-electron chi connectivity index (χ4n) is 2.31. The molecule has 1 rings (SSSR count). The van der Waals surface area contributed by atoms with Crippen LogP contribution in [0.15, 0.2) is 30.3 Å². The molecule has 0 aromatic heterocycles. The predicted molar refractivity (Wildman–Crippen MR) is 80.5 cm³/mol. The molecule has 1 unspecified atom stereocenters. The summed E-state index contributed by atoms with van der Waals surface area (Å²) in [6.07, 6.45) is 2.19. The van der Waals surface area contributed by atoms with Gasteiger partial charge in [-0.25, -0.2) is 0 Å². The van der Waals surface area contributed by atoms with Gasteiger partial charge in [-0.3, -0.25) is 0 Å². The van der Waals surface area contributed by atoms with Gasteiger partial charge in [-0.15, -0.1) is 0 Å². The summed E-state index contributed by atoms with van der Waals surface area (Å²) in [7, 11) is 6.25. The van der Waals surface area contributed by atoms with Gasteiger partial charge in [0, 0.05) is 6.54 Å². The van der Waals surface area contributed by atoms with Gasteiger partial charge in [-0.1, -0.05) is 30.3 Å². The molecule has 0 aliphatic heterocycles. The normalized spacial score (nSPS) is 14.6. The lowest BCUT2D eigenvalue weighted by Gasteiger charge is -2.29. The van der Waals surface area contributed by atoms with Crippen LogP contribution in [0.1, 0.15) is 18.9 Å². The molecular formula is C16H26N2O. The van der Waals surface area contributed by atoms with Crippen molar-refractivity contribution in [2.75, 3.05) is 40.8 Å². The summed E-state index contributed by atoms with van der Waals surface area (Å²) >= 11 is 0. The number of carbonyl (C=O) groups is 1. The fraction of sp³-hybridized carbons (Fsp3) is 0.562. The van der Waals surface area contributed by atoms with Crippen LogP contribution in [0.4, 0.5) is 0 Å². The Hall–Kier alpha value is -1.19. The third-order valence-electron chi connectivity index (χ3n) is 3.44. The fourth-order valence-corrected chi connectivity index (χ4v) is 2.31. The van der Waals surface area contributed by atoms with E-state index < -0.39 is 5.41 Å². The lowest BCUT2D eigenvalue weighted by atomic mass is 9.83. The Kier molecular flexibility index (Phi) is 6.19. The van der Waals surface area contributed by atoms with E-state index in [0.29, 0.717) is 0 Å². The molecule has 19 heavy (non-hydrogen) atoms. The maximum atomic E-state index is 11.5. The lowest BCUT2D eigenvalue weighted by molar-refractivity contribution is -0.112. The Morgan fingerprint density at radius 2 is 1.74 bits per heavy atom. The molecule has 0 saturated heterocycles. The van der Waals surface area contributed by atoms with Crippen molar-refractivity contribution in [3.8, 4) is 0 Å². The molecule has 106 valence electrons. The van der Waals surface area contributed by atoms with Crippen LogP contribution in [0.3, 0.4) is 0 Å². The largest absolute Gasteiger partial charge is 0.309 e. The maximum Gasteiger partial charge on any atom is 0.131 e. The van der Waals surface area contributed by atoms with Crippen molar-refractivity contribution in [2.24, 2.45) is 0 Å². The van der Waals surface area contributed by atoms with Gasteiger partial charge in [0.1, 0.15) is 6.29 Å². The van der Waals surface area contributed by atoms with Crippen LogP contribution in [0.25, 0.3) is 0 Å². The number of hydrogen-bond donors (Lipinski definition) is 0. The second-order valence-electron chi connectivity index (χ2n) is 5.80. The van der Waals surface area contributed by atoms with Gasteiger partial charge in [-0.05, 0) is 53.1 Å². The molecule has 1 aromatic rings. The highest BCUT2D eigenvalue weighted by Gasteiger charge is 2.27. The predicted octanol–water partition coefficient (Wildman–Crippen LogP) is 2.03. The van der Waals surface area contributed by atoms with E-state index in [2.05, 4.69) is 30.9 Å². The molecule has 0 spiro atoms. The van der Waals surface area contributed by atoms with Crippen LogP contribution in [0, 0.1) is 0 Å². The average molecular weight is 262 g/mol. The average Bonchev–Trinajstić information content (AvgIpc) is 2.39. The van der Waals surface area contributed by atoms with Crippen molar-refractivity contribution in [1.82, 2.24) is 9.80 Å². The van der Waals surface area contributed by atoms with Crippen LogP contribution in [-0.2, 0) is 10.2 Å². The van der Waals surface area contributed by atoms with Gasteiger partial charge < -0.3 is 14.6 Å². The highest BCUT2D eigenvalue weighted by molar-refractivity contribution is 5.68. The summed E-state index contributed by atoms with van der Waals surface area (Å²) in [6.45, 7) is 4.85. The Labute approximate surface area is 117 Å². The Bertz CT molecular complexity index is 378. The highest BCUT2D eigenvalue weighted by atomic mass is 16.1. The first-order valence-corrected chi connectivity index (χ1v) is 6.83. The Morgan fingerprint density at radius 1 is 1.11 bits per heavy atom. The third-order valence-corrected chi connectivity index (χ3v) is 3.44. The van der Waals surface area contributed by atoms with Crippen molar-refractivity contribution in [1.29, 1.82) is 0 Å². The molecule has 0 aliphatic carbocycles. The summed E-state index contributed by atoms with van der Waals surface area (Å²) in [5.41, 5.74) is 0.665. The molecular weight excluding hydrogens is 236 g/mol. The first kappa shape index (κ1) is 15.9. The second kappa shape index (κ2) is 7.41. The first-order chi connectivity index (χ1) is 8.98. The summed E-state index contributed by atoms with van der Waals surface area (Å²) < 4.78 is 0. The van der Waals surface area contributed by atoms with Gasteiger partial charge in [-0.2, -0.15) is 0 Å². The van der Waals surface area contributed by atoms with E-state index in [1.807, 2.05) is 37.3 Å². The van der Waals surface area contributed by atoms with Gasteiger partial charge in [0.15, 0.2) is 0 Å². The van der Waals surface area contributed by atoms with Crippen molar-refractivity contribution in [2.45, 2.75) is 18.8 Å². The summed E-state index contributed by atoms with van der Waals surface area (Å²) in [5, 5.41) is 0. The molecule has 0 heterocycles.